The average Bonchev–Trinajstić information content (AvgIpc) is 2.28. The third kappa shape index (κ3) is 2.71. The average molecular weight is 248 g/mol. The summed E-state index contributed by atoms with van der Waals surface area (Å²) < 4.78 is 26.7. The largest absolute Gasteiger partial charge is 0.321 e. The molecule has 4 heteroatoms. The van der Waals surface area contributed by atoms with Crippen molar-refractivity contribution in [3.05, 3.63) is 65.5 Å². The van der Waals surface area contributed by atoms with Crippen molar-refractivity contribution in [2.75, 3.05) is 0 Å². The summed E-state index contributed by atoms with van der Waals surface area (Å²) in [6, 6.07) is 7.71. The highest BCUT2D eigenvalue weighted by Crippen LogP contribution is 2.24. The second-order valence-corrected chi connectivity index (χ2v) is 4.58. The van der Waals surface area contributed by atoms with Crippen molar-refractivity contribution in [2.24, 2.45) is 5.73 Å². The summed E-state index contributed by atoms with van der Waals surface area (Å²) in [5.74, 6) is -0.766. The van der Waals surface area contributed by atoms with Crippen molar-refractivity contribution in [2.45, 2.75) is 18.9 Å². The van der Waals surface area contributed by atoms with Gasteiger partial charge in [0.1, 0.15) is 11.6 Å². The molecule has 0 aliphatic carbocycles. The molecule has 2 nitrogen and oxygen atoms in total. The minimum Gasteiger partial charge on any atom is -0.321 e. The number of benzene rings is 1. The Balaban J connectivity index is 2.30. The molecule has 2 N–H and O–H groups in total. The Morgan fingerprint density at radius 2 is 2.06 bits per heavy atom. The van der Waals surface area contributed by atoms with Gasteiger partial charge in [-0.3, -0.25) is 4.98 Å². The summed E-state index contributed by atoms with van der Waals surface area (Å²) in [6.45, 7) is 1.72. The van der Waals surface area contributed by atoms with Gasteiger partial charge in [-0.25, -0.2) is 8.78 Å². The van der Waals surface area contributed by atoms with Gasteiger partial charge in [0, 0.05) is 17.3 Å². The number of nitrogens with zero attached hydrogens (tertiary/aromatic N) is 1. The lowest BCUT2D eigenvalue weighted by Crippen LogP contribution is -2.36. The minimum atomic E-state index is -0.902. The number of nitrogens with two attached hydrogens (primary N) is 1. The zero-order chi connectivity index (χ0) is 13.2. The predicted octanol–water partition coefficient (Wildman–Crippen LogP) is 2.78. The van der Waals surface area contributed by atoms with Gasteiger partial charge in [0.15, 0.2) is 0 Å². The monoisotopic (exact) mass is 248 g/mol. The summed E-state index contributed by atoms with van der Waals surface area (Å²) in [4.78, 5) is 3.69. The van der Waals surface area contributed by atoms with Crippen LogP contribution >= 0.6 is 0 Å². The van der Waals surface area contributed by atoms with Gasteiger partial charge in [-0.05, 0) is 37.1 Å². The van der Waals surface area contributed by atoms with E-state index in [2.05, 4.69) is 4.98 Å². The first-order valence-electron chi connectivity index (χ1n) is 5.62. The molecule has 0 bridgehead atoms. The van der Waals surface area contributed by atoms with Crippen LogP contribution in [-0.4, -0.2) is 4.98 Å². The standard InChI is InChI=1S/C14H14F2N2/c1-14(17,12-5-6-18-9-13(12)16)8-10-3-2-4-11(15)7-10/h2-7,9H,8,17H2,1H3. The van der Waals surface area contributed by atoms with Crippen LogP contribution < -0.4 is 5.73 Å². The van der Waals surface area contributed by atoms with E-state index in [4.69, 9.17) is 5.73 Å². The molecule has 2 aromatic rings. The number of hydrogen-bond donors (Lipinski definition) is 1. The van der Waals surface area contributed by atoms with Crippen molar-refractivity contribution in [1.29, 1.82) is 0 Å². The minimum absolute atomic E-state index is 0.321. The van der Waals surface area contributed by atoms with Crippen LogP contribution in [0.1, 0.15) is 18.1 Å². The molecular formula is C14H14F2N2. The predicted molar refractivity (Wildman–Crippen MR) is 65.8 cm³/mol. The lowest BCUT2D eigenvalue weighted by atomic mass is 9.87. The highest BCUT2D eigenvalue weighted by atomic mass is 19.1. The van der Waals surface area contributed by atoms with Crippen molar-refractivity contribution in [3.8, 4) is 0 Å². The van der Waals surface area contributed by atoms with Gasteiger partial charge < -0.3 is 5.73 Å². The maximum absolute atomic E-state index is 13.7. The first kappa shape index (κ1) is 12.6. The van der Waals surface area contributed by atoms with Crippen LogP contribution in [-0.2, 0) is 12.0 Å². The van der Waals surface area contributed by atoms with Gasteiger partial charge in [0.2, 0.25) is 0 Å². The van der Waals surface area contributed by atoms with Crippen molar-refractivity contribution in [3.63, 3.8) is 0 Å². The van der Waals surface area contributed by atoms with Crippen LogP contribution in [0.2, 0.25) is 0 Å². The summed E-state index contributed by atoms with van der Waals surface area (Å²) >= 11 is 0. The molecule has 0 saturated heterocycles. The highest BCUT2D eigenvalue weighted by molar-refractivity contribution is 5.27. The lowest BCUT2D eigenvalue weighted by Gasteiger charge is -2.25. The topological polar surface area (TPSA) is 38.9 Å². The molecule has 1 aromatic heterocycles. The Morgan fingerprint density at radius 3 is 2.72 bits per heavy atom. The molecule has 18 heavy (non-hydrogen) atoms. The van der Waals surface area contributed by atoms with Gasteiger partial charge in [-0.15, -0.1) is 0 Å². The Hall–Kier alpha value is -1.81. The SMILES string of the molecule is CC(N)(Cc1cccc(F)c1)c1ccncc1F. The second-order valence-electron chi connectivity index (χ2n) is 4.58. The number of pyridine rings is 1. The van der Waals surface area contributed by atoms with Gasteiger partial charge in [-0.1, -0.05) is 12.1 Å². The van der Waals surface area contributed by atoms with Gasteiger partial charge in [-0.2, -0.15) is 0 Å². The maximum Gasteiger partial charge on any atom is 0.146 e. The lowest BCUT2D eigenvalue weighted by molar-refractivity contribution is 0.454. The first-order chi connectivity index (χ1) is 8.49. The van der Waals surface area contributed by atoms with E-state index in [1.54, 1.807) is 25.1 Å². The van der Waals surface area contributed by atoms with Crippen molar-refractivity contribution in [1.82, 2.24) is 4.98 Å². The van der Waals surface area contributed by atoms with E-state index in [1.807, 2.05) is 0 Å². The van der Waals surface area contributed by atoms with E-state index >= 15 is 0 Å². The molecule has 1 unspecified atom stereocenters. The zero-order valence-electron chi connectivity index (χ0n) is 10.0. The fourth-order valence-electron chi connectivity index (χ4n) is 2.00. The number of hydrogen-bond acceptors (Lipinski definition) is 2. The van der Waals surface area contributed by atoms with E-state index in [0.29, 0.717) is 12.0 Å². The fourth-order valence-corrected chi connectivity index (χ4v) is 2.00. The Morgan fingerprint density at radius 1 is 1.28 bits per heavy atom. The molecule has 0 amide bonds. The third-order valence-electron chi connectivity index (χ3n) is 2.85. The molecule has 0 radical (unpaired) electrons. The summed E-state index contributed by atoms with van der Waals surface area (Å²) in [5, 5.41) is 0. The zero-order valence-corrected chi connectivity index (χ0v) is 10.0. The molecule has 0 aliphatic rings. The van der Waals surface area contributed by atoms with Gasteiger partial charge >= 0.3 is 0 Å². The molecule has 94 valence electrons. The molecule has 0 fully saturated rings. The van der Waals surface area contributed by atoms with E-state index in [0.717, 1.165) is 11.8 Å². The Labute approximate surface area is 104 Å². The van der Waals surface area contributed by atoms with Crippen molar-refractivity contribution < 1.29 is 8.78 Å². The van der Waals surface area contributed by atoms with E-state index in [9.17, 15) is 8.78 Å². The van der Waals surface area contributed by atoms with Crippen molar-refractivity contribution >= 4 is 0 Å². The molecule has 0 saturated carbocycles. The molecule has 0 aliphatic heterocycles. The highest BCUT2D eigenvalue weighted by Gasteiger charge is 2.25. The third-order valence-corrected chi connectivity index (χ3v) is 2.85. The van der Waals surface area contributed by atoms with Crippen LogP contribution in [0.25, 0.3) is 0 Å². The van der Waals surface area contributed by atoms with Crippen LogP contribution in [0.5, 0.6) is 0 Å². The van der Waals surface area contributed by atoms with Crippen LogP contribution in [0.15, 0.2) is 42.7 Å². The number of rotatable bonds is 3. The normalized spacial score (nSPS) is 14.2. The molecule has 1 atom stereocenters. The first-order valence-corrected chi connectivity index (χ1v) is 5.62. The number of aromatic nitrogens is 1. The smallest absolute Gasteiger partial charge is 0.146 e. The fraction of sp³-hybridized carbons (Fsp3) is 0.214. The van der Waals surface area contributed by atoms with E-state index in [1.165, 1.54) is 18.3 Å². The summed E-state index contributed by atoms with van der Waals surface area (Å²) in [5.41, 5.74) is 6.34. The van der Waals surface area contributed by atoms with Crippen LogP contribution in [0, 0.1) is 11.6 Å². The second kappa shape index (κ2) is 4.82. The number of halogens is 2. The van der Waals surface area contributed by atoms with Crippen LogP contribution in [0.3, 0.4) is 0 Å². The molecule has 1 heterocycles. The van der Waals surface area contributed by atoms with E-state index < -0.39 is 11.4 Å². The molecular weight excluding hydrogens is 234 g/mol. The van der Waals surface area contributed by atoms with Gasteiger partial charge in [0.25, 0.3) is 0 Å². The summed E-state index contributed by atoms with van der Waals surface area (Å²) in [6.07, 6.45) is 2.98. The van der Waals surface area contributed by atoms with Gasteiger partial charge in [0.05, 0.1) is 6.20 Å². The molecule has 0 spiro atoms. The van der Waals surface area contributed by atoms with E-state index in [-0.39, 0.29) is 5.82 Å². The Bertz CT molecular complexity index is 553. The molecule has 1 aromatic carbocycles. The quantitative estimate of drug-likeness (QED) is 0.907. The maximum atomic E-state index is 13.7. The Kier molecular flexibility index (Phi) is 3.39. The summed E-state index contributed by atoms with van der Waals surface area (Å²) in [7, 11) is 0. The van der Waals surface area contributed by atoms with Crippen LogP contribution in [0.4, 0.5) is 8.78 Å². The molecule has 2 rings (SSSR count).